The molecule has 5 rings (SSSR count). The summed E-state index contributed by atoms with van der Waals surface area (Å²) < 4.78 is 66.7. The van der Waals surface area contributed by atoms with Crippen molar-refractivity contribution in [1.82, 2.24) is 19.5 Å². The Kier molecular flexibility index (Phi) is 5.59. The molecule has 2 fully saturated rings. The van der Waals surface area contributed by atoms with Crippen LogP contribution in [0, 0.1) is 5.92 Å². The minimum absolute atomic E-state index is 0.000201. The van der Waals surface area contributed by atoms with Gasteiger partial charge in [0.05, 0.1) is 17.2 Å². The summed E-state index contributed by atoms with van der Waals surface area (Å²) in [7, 11) is -3.30. The highest BCUT2D eigenvalue weighted by Crippen LogP contribution is 2.39. The lowest BCUT2D eigenvalue weighted by molar-refractivity contribution is -0.185. The zero-order valence-electron chi connectivity index (χ0n) is 18.0. The molecular formula is C22H22F3N5O3S. The molecule has 3 heterocycles. The third-order valence-electron chi connectivity index (χ3n) is 6.12. The molecule has 1 saturated carbocycles. The second-order valence-electron chi connectivity index (χ2n) is 8.63. The van der Waals surface area contributed by atoms with E-state index in [4.69, 9.17) is 0 Å². The Balaban J connectivity index is 1.42. The highest BCUT2D eigenvalue weighted by Gasteiger charge is 2.46. The number of nitrogens with one attached hydrogen (secondary N) is 1. The lowest BCUT2D eigenvalue weighted by Crippen LogP contribution is -2.46. The average molecular weight is 494 g/mol. The molecule has 3 aromatic rings. The second-order valence-corrected chi connectivity index (χ2v) is 10.9. The quantitative estimate of drug-likeness (QED) is 0.587. The molecule has 1 saturated heterocycles. The Hall–Kier alpha value is -2.99. The van der Waals surface area contributed by atoms with Crippen LogP contribution in [0.1, 0.15) is 24.4 Å². The Labute approximate surface area is 193 Å². The maximum atomic E-state index is 13.9. The van der Waals surface area contributed by atoms with Gasteiger partial charge in [-0.1, -0.05) is 30.3 Å². The number of halogens is 3. The number of rotatable bonds is 5. The molecule has 1 aromatic carbocycles. The Morgan fingerprint density at radius 2 is 1.74 bits per heavy atom. The maximum absolute atomic E-state index is 13.9. The second kappa shape index (κ2) is 8.35. The van der Waals surface area contributed by atoms with E-state index in [9.17, 15) is 26.4 Å². The minimum Gasteiger partial charge on any atom is -0.293 e. The van der Waals surface area contributed by atoms with E-state index < -0.39 is 22.1 Å². The highest BCUT2D eigenvalue weighted by atomic mass is 32.2. The van der Waals surface area contributed by atoms with Gasteiger partial charge in [0.2, 0.25) is 11.9 Å². The first kappa shape index (κ1) is 22.8. The van der Waals surface area contributed by atoms with Crippen LogP contribution in [0.25, 0.3) is 16.9 Å². The smallest absolute Gasteiger partial charge is 0.293 e. The summed E-state index contributed by atoms with van der Waals surface area (Å²) in [6.45, 7) is -0.330. The molecule has 1 unspecified atom stereocenters. The van der Waals surface area contributed by atoms with E-state index in [0.29, 0.717) is 16.9 Å². The van der Waals surface area contributed by atoms with Gasteiger partial charge in [0.1, 0.15) is 6.04 Å². The third kappa shape index (κ3) is 4.64. The predicted octanol–water partition coefficient (Wildman–Crippen LogP) is 3.08. The van der Waals surface area contributed by atoms with Gasteiger partial charge in [-0.25, -0.2) is 12.9 Å². The van der Waals surface area contributed by atoms with Gasteiger partial charge >= 0.3 is 6.18 Å². The van der Waals surface area contributed by atoms with Crippen LogP contribution < -0.4 is 5.32 Å². The fraction of sp³-hybridized carbons (Fsp3) is 0.409. The summed E-state index contributed by atoms with van der Waals surface area (Å²) in [6, 6.07) is 9.32. The fourth-order valence-corrected chi connectivity index (χ4v) is 5.39. The normalized spacial score (nSPS) is 19.7. The maximum Gasteiger partial charge on any atom is 0.408 e. The van der Waals surface area contributed by atoms with Crippen LogP contribution in [0.3, 0.4) is 0 Å². The van der Waals surface area contributed by atoms with Gasteiger partial charge < -0.3 is 0 Å². The number of hydrogen-bond donors (Lipinski definition) is 1. The van der Waals surface area contributed by atoms with Crippen LogP contribution in [0.2, 0.25) is 0 Å². The van der Waals surface area contributed by atoms with Gasteiger partial charge in [0.15, 0.2) is 15.5 Å². The van der Waals surface area contributed by atoms with Crippen molar-refractivity contribution in [2.24, 2.45) is 5.92 Å². The Morgan fingerprint density at radius 1 is 1.06 bits per heavy atom. The largest absolute Gasteiger partial charge is 0.408 e. The van der Waals surface area contributed by atoms with Gasteiger partial charge in [-0.15, -0.1) is 5.10 Å². The van der Waals surface area contributed by atoms with E-state index in [0.717, 1.165) is 12.8 Å². The van der Waals surface area contributed by atoms with Gasteiger partial charge in [-0.3, -0.25) is 15.0 Å². The lowest BCUT2D eigenvalue weighted by Gasteiger charge is -2.35. The number of aromatic nitrogens is 3. The van der Waals surface area contributed by atoms with Crippen molar-refractivity contribution in [2.75, 3.05) is 29.9 Å². The summed E-state index contributed by atoms with van der Waals surface area (Å²) in [6.07, 6.45) is -2.85. The lowest BCUT2D eigenvalue weighted by atomic mass is 10.0. The topological polar surface area (TPSA) is 96.7 Å². The van der Waals surface area contributed by atoms with E-state index in [1.807, 2.05) is 0 Å². The number of hydrogen-bond acceptors (Lipinski definition) is 6. The van der Waals surface area contributed by atoms with Crippen molar-refractivity contribution in [3.8, 4) is 11.3 Å². The summed E-state index contributed by atoms with van der Waals surface area (Å²) >= 11 is 0. The van der Waals surface area contributed by atoms with Crippen LogP contribution in [-0.4, -0.2) is 64.6 Å². The van der Waals surface area contributed by atoms with Gasteiger partial charge in [0, 0.05) is 24.6 Å². The summed E-state index contributed by atoms with van der Waals surface area (Å²) in [5, 5.41) is 7.05. The number of alkyl halides is 3. The number of anilines is 1. The Morgan fingerprint density at radius 3 is 2.35 bits per heavy atom. The van der Waals surface area contributed by atoms with Crippen molar-refractivity contribution in [3.63, 3.8) is 0 Å². The molecule has 1 atom stereocenters. The van der Waals surface area contributed by atoms with Crippen molar-refractivity contribution in [3.05, 3.63) is 48.0 Å². The van der Waals surface area contributed by atoms with Crippen LogP contribution in [0.5, 0.6) is 0 Å². The molecule has 2 aromatic heterocycles. The highest BCUT2D eigenvalue weighted by molar-refractivity contribution is 7.91. The van der Waals surface area contributed by atoms with Crippen LogP contribution in [0.15, 0.2) is 42.5 Å². The third-order valence-corrected chi connectivity index (χ3v) is 7.73. The molecule has 0 radical (unpaired) electrons. The first-order valence-electron chi connectivity index (χ1n) is 10.9. The molecule has 0 spiro atoms. The fourth-order valence-electron chi connectivity index (χ4n) is 4.16. The van der Waals surface area contributed by atoms with Crippen molar-refractivity contribution >= 4 is 27.3 Å². The van der Waals surface area contributed by atoms with Gasteiger partial charge in [-0.2, -0.15) is 18.2 Å². The molecule has 2 aliphatic rings. The molecule has 12 heteroatoms. The molecule has 1 N–H and O–H groups in total. The first-order chi connectivity index (χ1) is 16.1. The summed E-state index contributed by atoms with van der Waals surface area (Å²) in [4.78, 5) is 17.5. The van der Waals surface area contributed by atoms with Crippen molar-refractivity contribution < 1.29 is 26.4 Å². The number of nitrogens with zero attached hydrogens (tertiary/aromatic N) is 4. The molecule has 1 aliphatic heterocycles. The van der Waals surface area contributed by atoms with Crippen molar-refractivity contribution in [1.29, 1.82) is 0 Å². The van der Waals surface area contributed by atoms with Crippen molar-refractivity contribution in [2.45, 2.75) is 25.1 Å². The first-order valence-corrected chi connectivity index (χ1v) is 12.7. The van der Waals surface area contributed by atoms with Crippen LogP contribution in [-0.2, 0) is 14.6 Å². The van der Waals surface area contributed by atoms with E-state index in [2.05, 4.69) is 15.4 Å². The molecule has 0 bridgehead atoms. The molecular weight excluding hydrogens is 471 g/mol. The van der Waals surface area contributed by atoms with E-state index in [-0.39, 0.29) is 47.9 Å². The Bertz CT molecular complexity index is 1320. The number of pyridine rings is 1. The number of carbonyl (C=O) groups is 1. The number of carbonyl (C=O) groups excluding carboxylic acids is 1. The standard InChI is InChI=1S/C22H22F3N5O3S/c23-22(24,25)19(29-10-12-34(32,33)13-11-29)15-6-4-14(5-7-15)17-2-1-3-18-26-21(28-30(17)18)27-20(31)16-8-9-16/h1-7,16,19H,8-13H2,(H,27,28,31). The van der Waals surface area contributed by atoms with Gasteiger partial charge in [-0.05, 0) is 30.5 Å². The zero-order chi connectivity index (χ0) is 24.1. The number of sulfone groups is 1. The number of fused-ring (bicyclic) bond motifs is 1. The monoisotopic (exact) mass is 493 g/mol. The number of benzene rings is 1. The zero-order valence-corrected chi connectivity index (χ0v) is 18.8. The SMILES string of the molecule is O=C(Nc1nc2cccc(-c3ccc(C(N4CCS(=O)(=O)CC4)C(F)(F)F)cc3)n2n1)C1CC1. The van der Waals surface area contributed by atoms with Crippen LogP contribution in [0.4, 0.5) is 19.1 Å². The molecule has 1 amide bonds. The summed E-state index contributed by atoms with van der Waals surface area (Å²) in [5.41, 5.74) is 1.77. The van der Waals surface area contributed by atoms with E-state index in [1.165, 1.54) is 21.5 Å². The minimum atomic E-state index is -4.55. The van der Waals surface area contributed by atoms with E-state index >= 15 is 0 Å². The molecule has 180 valence electrons. The molecule has 34 heavy (non-hydrogen) atoms. The average Bonchev–Trinajstić information content (AvgIpc) is 3.55. The predicted molar refractivity (Wildman–Crippen MR) is 119 cm³/mol. The molecule has 1 aliphatic carbocycles. The van der Waals surface area contributed by atoms with Gasteiger partial charge in [0.25, 0.3) is 0 Å². The van der Waals surface area contributed by atoms with E-state index in [1.54, 1.807) is 30.3 Å². The number of amides is 1. The molecule has 8 nitrogen and oxygen atoms in total. The van der Waals surface area contributed by atoms with Crippen LogP contribution >= 0.6 is 0 Å². The summed E-state index contributed by atoms with van der Waals surface area (Å²) in [5.74, 6) is -0.513.